The molecule has 0 spiro atoms. The minimum atomic E-state index is -0.520. The summed E-state index contributed by atoms with van der Waals surface area (Å²) in [6.07, 6.45) is 4.56. The van der Waals surface area contributed by atoms with Crippen LogP contribution in [0, 0.1) is 5.41 Å². The molecule has 0 saturated carbocycles. The Bertz CT molecular complexity index is 1190. The van der Waals surface area contributed by atoms with Gasteiger partial charge >= 0.3 is 0 Å². The zero-order valence-corrected chi connectivity index (χ0v) is 22.1. The summed E-state index contributed by atoms with van der Waals surface area (Å²) in [4.78, 5) is 10.1. The molecule has 0 bridgehead atoms. The Morgan fingerprint density at radius 3 is 1.89 bits per heavy atom. The van der Waals surface area contributed by atoms with Crippen LogP contribution >= 0.6 is 0 Å². The number of benzene rings is 3. The number of hydrogen-bond donors (Lipinski definition) is 0. The maximum atomic E-state index is 6.24. The molecule has 0 amide bonds. The van der Waals surface area contributed by atoms with Crippen LogP contribution in [0.15, 0.2) is 101 Å². The molecule has 3 aromatic rings. The lowest BCUT2D eigenvalue weighted by Crippen LogP contribution is -2.37. The second-order valence-corrected chi connectivity index (χ2v) is 10.1. The smallest absolute Gasteiger partial charge is 0.199 e. The van der Waals surface area contributed by atoms with Crippen LogP contribution in [0.3, 0.4) is 0 Å². The molecule has 0 fully saturated rings. The van der Waals surface area contributed by atoms with Gasteiger partial charge in [-0.3, -0.25) is 0 Å². The van der Waals surface area contributed by atoms with Crippen LogP contribution in [0.25, 0.3) is 6.08 Å². The predicted molar refractivity (Wildman–Crippen MR) is 153 cm³/mol. The molecule has 2 atom stereocenters. The largest absolute Gasteiger partial charge is 0.478 e. The van der Waals surface area contributed by atoms with Crippen molar-refractivity contribution in [3.63, 3.8) is 0 Å². The molecule has 5 heteroatoms. The molecule has 5 nitrogen and oxygen atoms in total. The summed E-state index contributed by atoms with van der Waals surface area (Å²) in [6, 6.07) is 29.0. The van der Waals surface area contributed by atoms with E-state index in [4.69, 9.17) is 24.2 Å². The fourth-order valence-electron chi connectivity index (χ4n) is 4.97. The molecule has 2 aliphatic heterocycles. The van der Waals surface area contributed by atoms with E-state index in [-0.39, 0.29) is 12.1 Å². The molecule has 5 rings (SSSR count). The second kappa shape index (κ2) is 12.2. The van der Waals surface area contributed by atoms with Gasteiger partial charge in [0, 0.05) is 6.61 Å². The maximum absolute atomic E-state index is 6.24. The fraction of sp³-hybridized carbons (Fsp3) is 0.333. The quantitative estimate of drug-likeness (QED) is 0.240. The van der Waals surface area contributed by atoms with Gasteiger partial charge in [0.25, 0.3) is 0 Å². The van der Waals surface area contributed by atoms with E-state index in [0.29, 0.717) is 26.4 Å². The first-order valence-electron chi connectivity index (χ1n) is 13.5. The second-order valence-electron chi connectivity index (χ2n) is 10.1. The summed E-state index contributed by atoms with van der Waals surface area (Å²) in [7, 11) is 0. The number of nitrogens with zero attached hydrogens (tertiary/aromatic N) is 2. The van der Waals surface area contributed by atoms with E-state index in [0.717, 1.165) is 47.7 Å². The van der Waals surface area contributed by atoms with Crippen molar-refractivity contribution in [3.8, 4) is 0 Å². The first kappa shape index (κ1) is 25.9. The van der Waals surface area contributed by atoms with Gasteiger partial charge in [-0.25, -0.2) is 9.98 Å². The molecule has 2 heterocycles. The Labute approximate surface area is 225 Å². The van der Waals surface area contributed by atoms with E-state index >= 15 is 0 Å². The lowest BCUT2D eigenvalue weighted by molar-refractivity contribution is 0.115. The highest BCUT2D eigenvalue weighted by molar-refractivity contribution is 6.05. The van der Waals surface area contributed by atoms with Crippen LogP contribution < -0.4 is 0 Å². The van der Waals surface area contributed by atoms with E-state index in [2.05, 4.69) is 62.0 Å². The van der Waals surface area contributed by atoms with Crippen LogP contribution in [0.4, 0.5) is 0 Å². The fourth-order valence-corrected chi connectivity index (χ4v) is 4.97. The summed E-state index contributed by atoms with van der Waals surface area (Å²) < 4.78 is 18.4. The third-order valence-electron chi connectivity index (χ3n) is 7.31. The molecule has 196 valence electrons. The van der Waals surface area contributed by atoms with Crippen molar-refractivity contribution < 1.29 is 14.2 Å². The minimum absolute atomic E-state index is 0.00624. The van der Waals surface area contributed by atoms with E-state index in [9.17, 15) is 0 Å². The zero-order chi connectivity index (χ0) is 26.2. The van der Waals surface area contributed by atoms with Gasteiger partial charge < -0.3 is 14.2 Å². The molecule has 0 N–H and O–H groups in total. The third kappa shape index (κ3) is 6.05. The lowest BCUT2D eigenvalue weighted by Gasteiger charge is -2.28. The van der Waals surface area contributed by atoms with Crippen LogP contribution in [-0.2, 0) is 20.8 Å². The van der Waals surface area contributed by atoms with E-state index in [1.165, 1.54) is 5.56 Å². The first-order chi connectivity index (χ1) is 18.7. The van der Waals surface area contributed by atoms with Crippen LogP contribution in [0.1, 0.15) is 60.5 Å². The summed E-state index contributed by atoms with van der Waals surface area (Å²) in [5.41, 5.74) is 4.09. The molecular weight excluding hydrogens is 472 g/mol. The van der Waals surface area contributed by atoms with Crippen molar-refractivity contribution in [1.29, 1.82) is 0 Å². The standard InChI is InChI=1S/C33H36N2O3/c1-3-25-16-18-26(19-17-25)22-36-21-11-10-20-33(2,31-34-29(23-37-31)27-12-6-4-7-13-27)32-35-30(24-38-32)28-14-8-5-9-15-28/h3-9,12-19,29-30H,1,10-11,20-24H2,2H3/t29-,30-/m1/s1. The average Bonchev–Trinajstić information content (AvgIpc) is 3.68. The van der Waals surface area contributed by atoms with Gasteiger partial charge in [0.2, 0.25) is 0 Å². The molecule has 2 aliphatic rings. The SMILES string of the molecule is C=Cc1ccc(COCCCCC(C)(C2=N[C@@H](c3ccccc3)CO2)C2=N[C@@H](c3ccccc3)CO2)cc1. The molecule has 3 aromatic carbocycles. The third-order valence-corrected chi connectivity index (χ3v) is 7.31. The van der Waals surface area contributed by atoms with Crippen molar-refractivity contribution in [2.75, 3.05) is 19.8 Å². The number of ether oxygens (including phenoxy) is 3. The molecule has 38 heavy (non-hydrogen) atoms. The highest BCUT2D eigenvalue weighted by atomic mass is 16.5. The van der Waals surface area contributed by atoms with E-state index < -0.39 is 5.41 Å². The van der Waals surface area contributed by atoms with Crippen molar-refractivity contribution in [3.05, 3.63) is 114 Å². The van der Waals surface area contributed by atoms with Gasteiger partial charge in [-0.15, -0.1) is 0 Å². The first-order valence-corrected chi connectivity index (χ1v) is 13.5. The number of hydrogen-bond acceptors (Lipinski definition) is 5. The van der Waals surface area contributed by atoms with Crippen LogP contribution in [0.5, 0.6) is 0 Å². The van der Waals surface area contributed by atoms with Gasteiger partial charge in [-0.05, 0) is 48.4 Å². The van der Waals surface area contributed by atoms with Crippen LogP contribution in [0.2, 0.25) is 0 Å². The topological polar surface area (TPSA) is 52.4 Å². The Kier molecular flexibility index (Phi) is 8.34. The Hall–Kier alpha value is -3.70. The van der Waals surface area contributed by atoms with Crippen LogP contribution in [-0.4, -0.2) is 31.6 Å². The van der Waals surface area contributed by atoms with Gasteiger partial charge in [-0.2, -0.15) is 0 Å². The Morgan fingerprint density at radius 1 is 0.816 bits per heavy atom. The summed E-state index contributed by atoms with van der Waals surface area (Å²) in [6.45, 7) is 8.35. The summed E-state index contributed by atoms with van der Waals surface area (Å²) in [5, 5.41) is 0. The molecule has 0 aliphatic carbocycles. The van der Waals surface area contributed by atoms with Crippen molar-refractivity contribution in [2.24, 2.45) is 15.4 Å². The number of aliphatic imine (C=N–C) groups is 2. The van der Waals surface area contributed by atoms with Gasteiger partial charge in [-0.1, -0.05) is 97.6 Å². The summed E-state index contributed by atoms with van der Waals surface area (Å²) in [5.74, 6) is 1.45. The number of rotatable bonds is 12. The van der Waals surface area contributed by atoms with E-state index in [1.807, 2.05) is 42.5 Å². The van der Waals surface area contributed by atoms with Gasteiger partial charge in [0.1, 0.15) is 30.7 Å². The lowest BCUT2D eigenvalue weighted by atomic mass is 9.84. The van der Waals surface area contributed by atoms with Crippen molar-refractivity contribution >= 4 is 17.9 Å². The summed E-state index contributed by atoms with van der Waals surface area (Å²) >= 11 is 0. The van der Waals surface area contributed by atoms with Crippen molar-refractivity contribution in [1.82, 2.24) is 0 Å². The molecule has 0 radical (unpaired) electrons. The van der Waals surface area contributed by atoms with Crippen molar-refractivity contribution in [2.45, 2.75) is 44.9 Å². The average molecular weight is 509 g/mol. The van der Waals surface area contributed by atoms with Gasteiger partial charge in [0.05, 0.1) is 6.61 Å². The highest BCUT2D eigenvalue weighted by Crippen LogP contribution is 2.39. The Morgan fingerprint density at radius 2 is 1.37 bits per heavy atom. The normalized spacial score (nSPS) is 18.9. The Balaban J connectivity index is 1.25. The highest BCUT2D eigenvalue weighted by Gasteiger charge is 2.45. The zero-order valence-electron chi connectivity index (χ0n) is 22.1. The number of unbranched alkanes of at least 4 members (excludes halogenated alkanes) is 1. The predicted octanol–water partition coefficient (Wildman–Crippen LogP) is 7.36. The molecule has 0 aromatic heterocycles. The molecule has 0 unspecified atom stereocenters. The van der Waals surface area contributed by atoms with E-state index in [1.54, 1.807) is 0 Å². The molecular formula is C33H36N2O3. The maximum Gasteiger partial charge on any atom is 0.199 e. The monoisotopic (exact) mass is 508 g/mol. The van der Waals surface area contributed by atoms with Gasteiger partial charge in [0.15, 0.2) is 11.8 Å². The molecule has 0 saturated heterocycles. The minimum Gasteiger partial charge on any atom is -0.478 e.